The topological polar surface area (TPSA) is 96.5 Å². The molecule has 0 aliphatic rings. The minimum absolute atomic E-state index is 0.0691. The maximum absolute atomic E-state index is 11.9. The van der Waals surface area contributed by atoms with Crippen LogP contribution in [0.4, 0.5) is 0 Å². The van der Waals surface area contributed by atoms with E-state index in [-0.39, 0.29) is 25.3 Å². The Labute approximate surface area is 133 Å². The Kier molecular flexibility index (Phi) is 5.46. The number of carboxylic acids is 1. The Balaban J connectivity index is 1.88. The molecule has 7 nitrogen and oxygen atoms in total. The molecule has 1 aromatic carbocycles. The Morgan fingerprint density at radius 1 is 1.17 bits per heavy atom. The minimum atomic E-state index is -0.927. The van der Waals surface area contributed by atoms with Gasteiger partial charge in [-0.25, -0.2) is 0 Å². The molecule has 0 spiro atoms. The molecule has 0 atom stereocenters. The van der Waals surface area contributed by atoms with Gasteiger partial charge in [0.1, 0.15) is 0 Å². The van der Waals surface area contributed by atoms with Gasteiger partial charge in [0.15, 0.2) is 0 Å². The van der Waals surface area contributed by atoms with Crippen molar-refractivity contribution in [1.82, 2.24) is 15.1 Å². The van der Waals surface area contributed by atoms with E-state index in [0.29, 0.717) is 18.2 Å². The van der Waals surface area contributed by atoms with E-state index in [1.807, 2.05) is 31.2 Å². The lowest BCUT2D eigenvalue weighted by molar-refractivity contribution is -0.138. The third-order valence-electron chi connectivity index (χ3n) is 3.40. The van der Waals surface area contributed by atoms with Gasteiger partial charge in [-0.2, -0.15) is 0 Å². The number of carbonyl (C=O) groups is 2. The van der Waals surface area contributed by atoms with Crippen molar-refractivity contribution in [2.24, 2.45) is 0 Å². The van der Waals surface area contributed by atoms with E-state index in [0.717, 1.165) is 11.1 Å². The number of aryl methyl sites for hydroxylation is 2. The predicted octanol–water partition coefficient (Wildman–Crippen LogP) is 1.91. The number of nitrogens with zero attached hydrogens (tertiary/aromatic N) is 3. The molecule has 0 unspecified atom stereocenters. The first kappa shape index (κ1) is 16.7. The highest BCUT2D eigenvalue weighted by Gasteiger charge is 2.13. The second kappa shape index (κ2) is 7.53. The third kappa shape index (κ3) is 4.91. The van der Waals surface area contributed by atoms with Crippen LogP contribution in [0, 0.1) is 6.92 Å². The Bertz CT molecular complexity index is 679. The van der Waals surface area contributed by atoms with E-state index >= 15 is 0 Å². The number of aliphatic carboxylic acids is 1. The molecule has 0 aliphatic carbocycles. The van der Waals surface area contributed by atoms with E-state index in [2.05, 4.69) is 10.2 Å². The molecule has 0 bridgehead atoms. The first-order chi connectivity index (χ1) is 11.0. The van der Waals surface area contributed by atoms with E-state index in [1.165, 1.54) is 4.90 Å². The van der Waals surface area contributed by atoms with Crippen LogP contribution in [-0.4, -0.2) is 45.7 Å². The quantitative estimate of drug-likeness (QED) is 0.838. The standard InChI is InChI=1S/C16H19N3O4/c1-11-3-5-12(6-4-11)16-18-17-13(23-16)7-8-14(20)19(2)10-9-15(21)22/h3-6H,7-10H2,1-2H3,(H,21,22). The Morgan fingerprint density at radius 3 is 2.52 bits per heavy atom. The summed E-state index contributed by atoms with van der Waals surface area (Å²) >= 11 is 0. The molecule has 0 saturated heterocycles. The summed E-state index contributed by atoms with van der Waals surface area (Å²) in [5.41, 5.74) is 1.97. The van der Waals surface area contributed by atoms with E-state index < -0.39 is 5.97 Å². The number of carboxylic acid groups (broad SMARTS) is 1. The van der Waals surface area contributed by atoms with Crippen molar-refractivity contribution in [3.05, 3.63) is 35.7 Å². The summed E-state index contributed by atoms with van der Waals surface area (Å²) in [6.07, 6.45) is 0.459. The fourth-order valence-electron chi connectivity index (χ4n) is 1.96. The molecule has 1 amide bonds. The average molecular weight is 317 g/mol. The summed E-state index contributed by atoms with van der Waals surface area (Å²) in [5.74, 6) is -0.266. The van der Waals surface area contributed by atoms with Gasteiger partial charge in [-0.1, -0.05) is 17.7 Å². The van der Waals surface area contributed by atoms with Crippen LogP contribution in [0.25, 0.3) is 11.5 Å². The van der Waals surface area contributed by atoms with Crippen LogP contribution in [0.1, 0.15) is 24.3 Å². The molecule has 1 N–H and O–H groups in total. The van der Waals surface area contributed by atoms with Gasteiger partial charge in [0.2, 0.25) is 17.7 Å². The third-order valence-corrected chi connectivity index (χ3v) is 3.40. The largest absolute Gasteiger partial charge is 0.481 e. The molecule has 2 aromatic rings. The second-order valence-corrected chi connectivity index (χ2v) is 5.33. The Hall–Kier alpha value is -2.70. The molecule has 23 heavy (non-hydrogen) atoms. The fraction of sp³-hybridized carbons (Fsp3) is 0.375. The SMILES string of the molecule is Cc1ccc(-c2nnc(CCC(=O)N(C)CCC(=O)O)o2)cc1. The van der Waals surface area contributed by atoms with E-state index in [4.69, 9.17) is 9.52 Å². The second-order valence-electron chi connectivity index (χ2n) is 5.33. The zero-order chi connectivity index (χ0) is 16.8. The molecule has 0 fully saturated rings. The maximum atomic E-state index is 11.9. The molecule has 1 aromatic heterocycles. The van der Waals surface area contributed by atoms with Crippen molar-refractivity contribution in [2.45, 2.75) is 26.2 Å². The highest BCUT2D eigenvalue weighted by atomic mass is 16.4. The van der Waals surface area contributed by atoms with Crippen LogP contribution in [-0.2, 0) is 16.0 Å². The molecule has 1 heterocycles. The first-order valence-corrected chi connectivity index (χ1v) is 7.31. The van der Waals surface area contributed by atoms with Gasteiger partial charge >= 0.3 is 5.97 Å². The smallest absolute Gasteiger partial charge is 0.305 e. The zero-order valence-electron chi connectivity index (χ0n) is 13.2. The van der Waals surface area contributed by atoms with Crippen LogP contribution < -0.4 is 0 Å². The first-order valence-electron chi connectivity index (χ1n) is 7.31. The van der Waals surface area contributed by atoms with Gasteiger partial charge in [0, 0.05) is 32.0 Å². The number of hydrogen-bond acceptors (Lipinski definition) is 5. The summed E-state index contributed by atoms with van der Waals surface area (Å²) in [7, 11) is 1.58. The van der Waals surface area contributed by atoms with E-state index in [9.17, 15) is 9.59 Å². The molecular weight excluding hydrogens is 298 g/mol. The Morgan fingerprint density at radius 2 is 1.87 bits per heavy atom. The van der Waals surface area contributed by atoms with Crippen molar-refractivity contribution in [1.29, 1.82) is 0 Å². The van der Waals surface area contributed by atoms with Crippen LogP contribution in [0.2, 0.25) is 0 Å². The summed E-state index contributed by atoms with van der Waals surface area (Å²) in [6.45, 7) is 2.18. The number of benzene rings is 1. The average Bonchev–Trinajstić information content (AvgIpc) is 2.99. The molecule has 122 valence electrons. The van der Waals surface area contributed by atoms with E-state index in [1.54, 1.807) is 7.05 Å². The molecule has 2 rings (SSSR count). The van der Waals surface area contributed by atoms with Gasteiger partial charge in [-0.3, -0.25) is 9.59 Å². The summed E-state index contributed by atoms with van der Waals surface area (Å²) in [6, 6.07) is 7.72. The van der Waals surface area contributed by atoms with Crippen molar-refractivity contribution < 1.29 is 19.1 Å². The van der Waals surface area contributed by atoms with Crippen molar-refractivity contribution in [3.63, 3.8) is 0 Å². The molecule has 0 radical (unpaired) electrons. The number of carbonyl (C=O) groups excluding carboxylic acids is 1. The summed E-state index contributed by atoms with van der Waals surface area (Å²) < 4.78 is 5.55. The summed E-state index contributed by atoms with van der Waals surface area (Å²) in [4.78, 5) is 23.8. The molecule has 0 aliphatic heterocycles. The minimum Gasteiger partial charge on any atom is -0.481 e. The van der Waals surface area contributed by atoms with Gasteiger partial charge in [-0.05, 0) is 19.1 Å². The van der Waals surface area contributed by atoms with Gasteiger partial charge in [0.25, 0.3) is 0 Å². The fourth-order valence-corrected chi connectivity index (χ4v) is 1.96. The van der Waals surface area contributed by atoms with Crippen LogP contribution in [0.15, 0.2) is 28.7 Å². The van der Waals surface area contributed by atoms with Crippen LogP contribution in [0.5, 0.6) is 0 Å². The zero-order valence-corrected chi connectivity index (χ0v) is 13.2. The maximum Gasteiger partial charge on any atom is 0.305 e. The predicted molar refractivity (Wildman–Crippen MR) is 82.7 cm³/mol. The number of amides is 1. The number of hydrogen-bond donors (Lipinski definition) is 1. The van der Waals surface area contributed by atoms with Gasteiger partial charge in [-0.15, -0.1) is 10.2 Å². The van der Waals surface area contributed by atoms with Crippen molar-refractivity contribution in [2.75, 3.05) is 13.6 Å². The van der Waals surface area contributed by atoms with Gasteiger partial charge in [0.05, 0.1) is 6.42 Å². The monoisotopic (exact) mass is 317 g/mol. The lowest BCUT2D eigenvalue weighted by Crippen LogP contribution is -2.29. The number of aromatic nitrogens is 2. The highest BCUT2D eigenvalue weighted by molar-refractivity contribution is 5.76. The number of rotatable bonds is 7. The van der Waals surface area contributed by atoms with Crippen molar-refractivity contribution >= 4 is 11.9 Å². The van der Waals surface area contributed by atoms with Crippen LogP contribution >= 0.6 is 0 Å². The lowest BCUT2D eigenvalue weighted by Gasteiger charge is -2.15. The highest BCUT2D eigenvalue weighted by Crippen LogP contribution is 2.18. The normalized spacial score (nSPS) is 10.5. The summed E-state index contributed by atoms with van der Waals surface area (Å²) in [5, 5.41) is 16.5. The van der Waals surface area contributed by atoms with Crippen LogP contribution in [0.3, 0.4) is 0 Å². The van der Waals surface area contributed by atoms with Crippen molar-refractivity contribution in [3.8, 4) is 11.5 Å². The molecule has 7 heteroatoms. The molecule has 0 saturated carbocycles. The van der Waals surface area contributed by atoms with Gasteiger partial charge < -0.3 is 14.4 Å². The lowest BCUT2D eigenvalue weighted by atomic mass is 10.1. The molecular formula is C16H19N3O4.